The van der Waals surface area contributed by atoms with E-state index in [1.54, 1.807) is 24.3 Å². The van der Waals surface area contributed by atoms with E-state index in [2.05, 4.69) is 26.9 Å². The Morgan fingerprint density at radius 3 is 2.30 bits per heavy atom. The van der Waals surface area contributed by atoms with Crippen molar-refractivity contribution in [1.29, 1.82) is 0 Å². The molecule has 162 valence electrons. The van der Waals surface area contributed by atoms with Crippen molar-refractivity contribution in [2.45, 2.75) is 37.1 Å². The van der Waals surface area contributed by atoms with Crippen LogP contribution in [0.5, 0.6) is 5.75 Å². The third-order valence-corrected chi connectivity index (χ3v) is 7.92. The molecule has 1 aromatic heterocycles. The van der Waals surface area contributed by atoms with Gasteiger partial charge in [-0.25, -0.2) is 8.42 Å². The summed E-state index contributed by atoms with van der Waals surface area (Å²) in [5, 5.41) is 8.88. The van der Waals surface area contributed by atoms with Gasteiger partial charge in [0.1, 0.15) is 10.6 Å². The minimum absolute atomic E-state index is 0.209. The highest BCUT2D eigenvalue weighted by Gasteiger charge is 2.31. The van der Waals surface area contributed by atoms with Crippen LogP contribution in [-0.2, 0) is 10.0 Å². The highest BCUT2D eigenvalue weighted by atomic mass is 32.2. The van der Waals surface area contributed by atoms with Gasteiger partial charge in [-0.15, -0.1) is 10.2 Å². The maximum Gasteiger partial charge on any atom is 0.246 e. The van der Waals surface area contributed by atoms with Crippen molar-refractivity contribution in [3.63, 3.8) is 0 Å². The van der Waals surface area contributed by atoms with Gasteiger partial charge in [0.15, 0.2) is 11.6 Å². The zero-order valence-electron chi connectivity index (χ0n) is 17.6. The molecule has 0 aliphatic carbocycles. The number of para-hydroxylation sites is 1. The van der Waals surface area contributed by atoms with Gasteiger partial charge in [-0.2, -0.15) is 4.31 Å². The second-order valence-corrected chi connectivity index (χ2v) is 9.74. The van der Waals surface area contributed by atoms with Gasteiger partial charge in [-0.3, -0.25) is 0 Å². The molecule has 9 heteroatoms. The maximum atomic E-state index is 13.1. The van der Waals surface area contributed by atoms with Crippen molar-refractivity contribution < 1.29 is 13.2 Å². The molecule has 0 amide bonds. The average Bonchev–Trinajstić information content (AvgIpc) is 2.79. The van der Waals surface area contributed by atoms with Crippen molar-refractivity contribution >= 4 is 21.7 Å². The molecular formula is C21H29N5O3S. The van der Waals surface area contributed by atoms with Gasteiger partial charge in [-0.1, -0.05) is 12.1 Å². The molecule has 2 aromatic rings. The molecule has 30 heavy (non-hydrogen) atoms. The molecule has 2 aliphatic heterocycles. The van der Waals surface area contributed by atoms with E-state index in [9.17, 15) is 8.42 Å². The Hall–Kier alpha value is -2.39. The molecule has 4 rings (SSSR count). The largest absolute Gasteiger partial charge is 0.495 e. The third kappa shape index (κ3) is 4.09. The van der Waals surface area contributed by atoms with Crippen LogP contribution in [0.4, 0.5) is 11.6 Å². The molecule has 1 unspecified atom stereocenters. The Labute approximate surface area is 178 Å². The second-order valence-electron chi connectivity index (χ2n) is 7.83. The first-order chi connectivity index (χ1) is 14.5. The molecule has 0 saturated carbocycles. The highest BCUT2D eigenvalue weighted by Crippen LogP contribution is 2.28. The van der Waals surface area contributed by atoms with E-state index in [0.29, 0.717) is 38.0 Å². The molecule has 2 aliphatic rings. The second kappa shape index (κ2) is 8.77. The predicted molar refractivity (Wildman–Crippen MR) is 117 cm³/mol. The standard InChI is InChI=1S/C21H29N5O3S/c1-17-7-5-6-12-26(17)21-11-10-20(22-23-21)24-13-15-25(16-14-24)30(27,28)19-9-4-3-8-18(19)29-2/h3-4,8-11,17H,5-7,12-16H2,1-2H3. The number of hydrogen-bond acceptors (Lipinski definition) is 7. The van der Waals surface area contributed by atoms with E-state index in [1.807, 2.05) is 12.1 Å². The van der Waals surface area contributed by atoms with Gasteiger partial charge in [0.2, 0.25) is 10.0 Å². The van der Waals surface area contributed by atoms with E-state index in [4.69, 9.17) is 4.74 Å². The summed E-state index contributed by atoms with van der Waals surface area (Å²) in [4.78, 5) is 4.61. The molecule has 1 aromatic carbocycles. The Morgan fingerprint density at radius 1 is 0.933 bits per heavy atom. The molecular weight excluding hydrogens is 402 g/mol. The Morgan fingerprint density at radius 2 is 1.63 bits per heavy atom. The zero-order chi connectivity index (χ0) is 21.1. The monoisotopic (exact) mass is 431 g/mol. The maximum absolute atomic E-state index is 13.1. The summed E-state index contributed by atoms with van der Waals surface area (Å²) in [7, 11) is -2.11. The quantitative estimate of drug-likeness (QED) is 0.719. The van der Waals surface area contributed by atoms with Crippen molar-refractivity contribution in [2.75, 3.05) is 49.6 Å². The van der Waals surface area contributed by atoms with Crippen LogP contribution in [0.15, 0.2) is 41.3 Å². The Balaban J connectivity index is 1.42. The van der Waals surface area contributed by atoms with Gasteiger partial charge in [0, 0.05) is 38.8 Å². The predicted octanol–water partition coefficient (Wildman–Crippen LogP) is 2.37. The fraction of sp³-hybridized carbons (Fsp3) is 0.524. The van der Waals surface area contributed by atoms with Gasteiger partial charge < -0.3 is 14.5 Å². The minimum atomic E-state index is -3.60. The number of methoxy groups -OCH3 is 1. The number of piperazine rings is 1. The lowest BCUT2D eigenvalue weighted by molar-refractivity contribution is 0.373. The smallest absolute Gasteiger partial charge is 0.246 e. The summed E-state index contributed by atoms with van der Waals surface area (Å²) >= 11 is 0. The SMILES string of the molecule is COc1ccccc1S(=O)(=O)N1CCN(c2ccc(N3CCCCC3C)nn2)CC1. The first-order valence-corrected chi connectivity index (χ1v) is 11.9. The lowest BCUT2D eigenvalue weighted by Gasteiger charge is -2.36. The van der Waals surface area contributed by atoms with E-state index in [0.717, 1.165) is 18.2 Å². The molecule has 0 N–H and O–H groups in total. The molecule has 0 radical (unpaired) electrons. The molecule has 3 heterocycles. The van der Waals surface area contributed by atoms with Crippen LogP contribution in [0.25, 0.3) is 0 Å². The summed E-state index contributed by atoms with van der Waals surface area (Å²) in [6.07, 6.45) is 3.65. The van der Waals surface area contributed by atoms with Crippen LogP contribution >= 0.6 is 0 Å². The molecule has 2 fully saturated rings. The summed E-state index contributed by atoms with van der Waals surface area (Å²) in [6, 6.07) is 11.3. The minimum Gasteiger partial charge on any atom is -0.495 e. The van der Waals surface area contributed by atoms with Gasteiger partial charge in [0.25, 0.3) is 0 Å². The summed E-state index contributed by atoms with van der Waals surface area (Å²) in [6.45, 7) is 5.19. The van der Waals surface area contributed by atoms with Gasteiger partial charge in [0.05, 0.1) is 7.11 Å². The highest BCUT2D eigenvalue weighted by molar-refractivity contribution is 7.89. The third-order valence-electron chi connectivity index (χ3n) is 5.98. The summed E-state index contributed by atoms with van der Waals surface area (Å²) in [5.74, 6) is 2.08. The number of piperidine rings is 1. The fourth-order valence-electron chi connectivity index (χ4n) is 4.21. The molecule has 0 bridgehead atoms. The van der Waals surface area contributed by atoms with E-state index < -0.39 is 10.0 Å². The van der Waals surface area contributed by atoms with Crippen molar-refractivity contribution in [3.8, 4) is 5.75 Å². The fourth-order valence-corrected chi connectivity index (χ4v) is 5.79. The molecule has 0 spiro atoms. The first-order valence-electron chi connectivity index (χ1n) is 10.5. The number of nitrogens with zero attached hydrogens (tertiary/aromatic N) is 5. The summed E-state index contributed by atoms with van der Waals surface area (Å²) in [5.41, 5.74) is 0. The Bertz CT molecular complexity index is 959. The van der Waals surface area contributed by atoms with Gasteiger partial charge in [-0.05, 0) is 50.5 Å². The number of sulfonamides is 1. The Kier molecular flexibility index (Phi) is 6.10. The average molecular weight is 432 g/mol. The van der Waals surface area contributed by atoms with Crippen LogP contribution in [0.1, 0.15) is 26.2 Å². The van der Waals surface area contributed by atoms with E-state index in [1.165, 1.54) is 30.7 Å². The number of anilines is 2. The number of rotatable bonds is 5. The van der Waals surface area contributed by atoms with Gasteiger partial charge >= 0.3 is 0 Å². The molecule has 8 nitrogen and oxygen atoms in total. The number of hydrogen-bond donors (Lipinski definition) is 0. The lowest BCUT2D eigenvalue weighted by Crippen LogP contribution is -2.49. The van der Waals surface area contributed by atoms with Crippen molar-refractivity contribution in [3.05, 3.63) is 36.4 Å². The molecule has 2 saturated heterocycles. The topological polar surface area (TPSA) is 78.9 Å². The number of ether oxygens (including phenoxy) is 1. The number of aromatic nitrogens is 2. The summed E-state index contributed by atoms with van der Waals surface area (Å²) < 4.78 is 32.9. The molecule has 1 atom stereocenters. The lowest BCUT2D eigenvalue weighted by atomic mass is 10.0. The van der Waals surface area contributed by atoms with Crippen molar-refractivity contribution in [2.24, 2.45) is 0 Å². The van der Waals surface area contributed by atoms with Crippen LogP contribution in [0.3, 0.4) is 0 Å². The zero-order valence-corrected chi connectivity index (χ0v) is 18.4. The van der Waals surface area contributed by atoms with Crippen LogP contribution in [-0.4, -0.2) is 68.8 Å². The normalized spacial score (nSPS) is 20.9. The van der Waals surface area contributed by atoms with E-state index >= 15 is 0 Å². The first kappa shape index (κ1) is 20.9. The van der Waals surface area contributed by atoms with Crippen LogP contribution in [0.2, 0.25) is 0 Å². The van der Waals surface area contributed by atoms with Crippen LogP contribution < -0.4 is 14.5 Å². The van der Waals surface area contributed by atoms with E-state index in [-0.39, 0.29) is 4.90 Å². The number of benzene rings is 1. The van der Waals surface area contributed by atoms with Crippen LogP contribution in [0, 0.1) is 0 Å². The van der Waals surface area contributed by atoms with Crippen molar-refractivity contribution in [1.82, 2.24) is 14.5 Å².